The SMILES string of the molecule is O=C(OCc1nc2ccccc2o1)c1ccc(Cl)cc1F. The Hall–Kier alpha value is -2.40. The predicted octanol–water partition coefficient (Wildman–Crippen LogP) is 3.98. The van der Waals surface area contributed by atoms with E-state index in [0.29, 0.717) is 11.1 Å². The monoisotopic (exact) mass is 305 g/mol. The molecule has 0 saturated heterocycles. The molecular weight excluding hydrogens is 297 g/mol. The van der Waals surface area contributed by atoms with Crippen LogP contribution in [0.2, 0.25) is 5.02 Å². The van der Waals surface area contributed by atoms with Gasteiger partial charge < -0.3 is 9.15 Å². The summed E-state index contributed by atoms with van der Waals surface area (Å²) in [6, 6.07) is 10.9. The molecule has 6 heteroatoms. The molecule has 21 heavy (non-hydrogen) atoms. The maximum atomic E-state index is 13.6. The molecule has 0 radical (unpaired) electrons. The van der Waals surface area contributed by atoms with Crippen LogP contribution in [0.3, 0.4) is 0 Å². The number of carbonyl (C=O) groups is 1. The number of hydrogen-bond donors (Lipinski definition) is 0. The Morgan fingerprint density at radius 3 is 2.86 bits per heavy atom. The molecule has 0 bridgehead atoms. The van der Waals surface area contributed by atoms with Gasteiger partial charge in [0.05, 0.1) is 5.56 Å². The number of oxazole rings is 1. The second kappa shape index (κ2) is 5.54. The topological polar surface area (TPSA) is 52.3 Å². The van der Waals surface area contributed by atoms with Gasteiger partial charge in [-0.25, -0.2) is 14.2 Å². The van der Waals surface area contributed by atoms with Gasteiger partial charge in [0.1, 0.15) is 11.3 Å². The van der Waals surface area contributed by atoms with Crippen LogP contribution in [0.4, 0.5) is 4.39 Å². The average Bonchev–Trinajstić information content (AvgIpc) is 2.87. The quantitative estimate of drug-likeness (QED) is 0.687. The molecule has 0 fully saturated rings. The smallest absolute Gasteiger partial charge is 0.341 e. The Kier molecular flexibility index (Phi) is 3.58. The van der Waals surface area contributed by atoms with Crippen molar-refractivity contribution in [3.8, 4) is 0 Å². The second-order valence-electron chi connectivity index (χ2n) is 4.28. The molecule has 0 aliphatic heterocycles. The van der Waals surface area contributed by atoms with E-state index in [9.17, 15) is 9.18 Å². The van der Waals surface area contributed by atoms with E-state index in [1.165, 1.54) is 12.1 Å². The van der Waals surface area contributed by atoms with Gasteiger partial charge in [-0.3, -0.25) is 0 Å². The van der Waals surface area contributed by atoms with Crippen LogP contribution in [0.15, 0.2) is 46.9 Å². The molecule has 3 aromatic rings. The number of esters is 1. The first-order valence-electron chi connectivity index (χ1n) is 6.10. The van der Waals surface area contributed by atoms with Crippen molar-refractivity contribution in [2.24, 2.45) is 0 Å². The van der Waals surface area contributed by atoms with Gasteiger partial charge in [0.25, 0.3) is 0 Å². The zero-order valence-corrected chi connectivity index (χ0v) is 11.4. The minimum atomic E-state index is -0.800. The van der Waals surface area contributed by atoms with Gasteiger partial charge >= 0.3 is 5.97 Å². The highest BCUT2D eigenvalue weighted by Gasteiger charge is 2.15. The first-order chi connectivity index (χ1) is 10.1. The number of aromatic nitrogens is 1. The summed E-state index contributed by atoms with van der Waals surface area (Å²) >= 11 is 5.62. The normalized spacial score (nSPS) is 10.8. The number of fused-ring (bicyclic) bond motifs is 1. The highest BCUT2D eigenvalue weighted by Crippen LogP contribution is 2.18. The number of carbonyl (C=O) groups excluding carboxylic acids is 1. The van der Waals surface area contributed by atoms with Crippen molar-refractivity contribution in [2.75, 3.05) is 0 Å². The lowest BCUT2D eigenvalue weighted by Gasteiger charge is -2.03. The fourth-order valence-corrected chi connectivity index (χ4v) is 2.00. The van der Waals surface area contributed by atoms with Gasteiger partial charge in [0.15, 0.2) is 12.2 Å². The van der Waals surface area contributed by atoms with E-state index in [-0.39, 0.29) is 23.1 Å². The van der Waals surface area contributed by atoms with Crippen molar-refractivity contribution < 1.29 is 18.3 Å². The third-order valence-corrected chi connectivity index (χ3v) is 3.05. The van der Waals surface area contributed by atoms with Crippen LogP contribution in [0.1, 0.15) is 16.2 Å². The third kappa shape index (κ3) is 2.87. The minimum absolute atomic E-state index is 0.171. The van der Waals surface area contributed by atoms with Crippen molar-refractivity contribution in [1.29, 1.82) is 0 Å². The molecule has 3 rings (SSSR count). The first kappa shape index (κ1) is 13.6. The van der Waals surface area contributed by atoms with Crippen LogP contribution in [0.25, 0.3) is 11.1 Å². The van der Waals surface area contributed by atoms with Crippen LogP contribution in [-0.2, 0) is 11.3 Å². The highest BCUT2D eigenvalue weighted by molar-refractivity contribution is 6.30. The summed E-state index contributed by atoms with van der Waals surface area (Å²) in [5, 5.41) is 0.211. The number of nitrogens with zero attached hydrogens (tertiary/aromatic N) is 1. The minimum Gasteiger partial charge on any atom is -0.452 e. The third-order valence-electron chi connectivity index (χ3n) is 2.82. The zero-order valence-electron chi connectivity index (χ0n) is 10.7. The molecule has 0 saturated carbocycles. The summed E-state index contributed by atoms with van der Waals surface area (Å²) in [4.78, 5) is 15.9. The molecule has 0 atom stereocenters. The summed E-state index contributed by atoms with van der Waals surface area (Å²) in [6.07, 6.45) is 0. The molecule has 2 aromatic carbocycles. The van der Waals surface area contributed by atoms with Gasteiger partial charge in [0, 0.05) is 5.02 Å². The van der Waals surface area contributed by atoms with Crippen LogP contribution >= 0.6 is 11.6 Å². The number of benzene rings is 2. The molecule has 1 heterocycles. The standard InChI is InChI=1S/C15H9ClFNO3/c16-9-5-6-10(11(17)7-9)15(19)20-8-14-18-12-3-1-2-4-13(12)21-14/h1-7H,8H2. The van der Waals surface area contributed by atoms with E-state index in [1.54, 1.807) is 12.1 Å². The van der Waals surface area contributed by atoms with E-state index in [0.717, 1.165) is 6.07 Å². The number of rotatable bonds is 3. The summed E-state index contributed by atoms with van der Waals surface area (Å²) in [5.74, 6) is -1.28. The molecule has 4 nitrogen and oxygen atoms in total. The fourth-order valence-electron chi connectivity index (χ4n) is 1.84. The largest absolute Gasteiger partial charge is 0.452 e. The van der Waals surface area contributed by atoms with Gasteiger partial charge in [-0.1, -0.05) is 23.7 Å². The summed E-state index contributed by atoms with van der Waals surface area (Å²) < 4.78 is 24.0. The summed E-state index contributed by atoms with van der Waals surface area (Å²) in [5.41, 5.74) is 1.08. The van der Waals surface area contributed by atoms with Gasteiger partial charge in [-0.05, 0) is 30.3 Å². The van der Waals surface area contributed by atoms with Crippen LogP contribution < -0.4 is 0 Å². The lowest BCUT2D eigenvalue weighted by atomic mass is 10.2. The maximum Gasteiger partial charge on any atom is 0.341 e. The Labute approximate surface area is 124 Å². The molecule has 106 valence electrons. The van der Waals surface area contributed by atoms with E-state index in [1.807, 2.05) is 12.1 Å². The van der Waals surface area contributed by atoms with E-state index < -0.39 is 11.8 Å². The molecule has 0 unspecified atom stereocenters. The Balaban J connectivity index is 1.73. The van der Waals surface area contributed by atoms with E-state index >= 15 is 0 Å². The molecule has 0 spiro atoms. The fraction of sp³-hybridized carbons (Fsp3) is 0.0667. The lowest BCUT2D eigenvalue weighted by Crippen LogP contribution is -2.07. The number of para-hydroxylation sites is 2. The van der Waals surface area contributed by atoms with Crippen molar-refractivity contribution in [1.82, 2.24) is 4.98 Å². The molecule has 0 amide bonds. The summed E-state index contributed by atoms with van der Waals surface area (Å²) in [6.45, 7) is -0.171. The van der Waals surface area contributed by atoms with Crippen molar-refractivity contribution in [3.63, 3.8) is 0 Å². The average molecular weight is 306 g/mol. The predicted molar refractivity (Wildman–Crippen MR) is 74.5 cm³/mol. The van der Waals surface area contributed by atoms with Crippen LogP contribution in [-0.4, -0.2) is 11.0 Å². The molecule has 0 aliphatic carbocycles. The Morgan fingerprint density at radius 1 is 1.29 bits per heavy atom. The van der Waals surface area contributed by atoms with Crippen molar-refractivity contribution in [2.45, 2.75) is 6.61 Å². The zero-order chi connectivity index (χ0) is 14.8. The lowest BCUT2D eigenvalue weighted by molar-refractivity contribution is 0.0435. The van der Waals surface area contributed by atoms with Crippen molar-refractivity contribution in [3.05, 3.63) is 64.8 Å². The van der Waals surface area contributed by atoms with Crippen LogP contribution in [0, 0.1) is 5.82 Å². The maximum absolute atomic E-state index is 13.6. The van der Waals surface area contributed by atoms with Crippen LogP contribution in [0.5, 0.6) is 0 Å². The Bertz CT molecular complexity index is 783. The van der Waals surface area contributed by atoms with Gasteiger partial charge in [0.2, 0.25) is 5.89 Å². The number of halogens is 2. The molecule has 0 aliphatic rings. The molecule has 1 aromatic heterocycles. The van der Waals surface area contributed by atoms with Gasteiger partial charge in [-0.15, -0.1) is 0 Å². The van der Waals surface area contributed by atoms with Gasteiger partial charge in [-0.2, -0.15) is 0 Å². The molecule has 0 N–H and O–H groups in total. The van der Waals surface area contributed by atoms with E-state index in [4.69, 9.17) is 20.8 Å². The molecular formula is C15H9ClFNO3. The van der Waals surface area contributed by atoms with Crippen molar-refractivity contribution >= 4 is 28.7 Å². The first-order valence-corrected chi connectivity index (χ1v) is 6.48. The summed E-state index contributed by atoms with van der Waals surface area (Å²) in [7, 11) is 0. The highest BCUT2D eigenvalue weighted by atomic mass is 35.5. The number of ether oxygens (including phenoxy) is 1. The Morgan fingerprint density at radius 2 is 2.10 bits per heavy atom. The van der Waals surface area contributed by atoms with E-state index in [2.05, 4.69) is 4.98 Å². The number of hydrogen-bond acceptors (Lipinski definition) is 4. The second-order valence-corrected chi connectivity index (χ2v) is 4.71.